The summed E-state index contributed by atoms with van der Waals surface area (Å²) in [6.07, 6.45) is 1.40. The van der Waals surface area contributed by atoms with Crippen LogP contribution in [-0.2, 0) is 26.2 Å². The van der Waals surface area contributed by atoms with E-state index in [0.717, 1.165) is 10.6 Å². The minimum absolute atomic E-state index is 0.0704. The first kappa shape index (κ1) is 26.7. The molecule has 2 amide bonds. The predicted octanol–water partition coefficient (Wildman–Crippen LogP) is 3.83. The van der Waals surface area contributed by atoms with Crippen LogP contribution < -0.4 is 9.62 Å². The smallest absolute Gasteiger partial charge is 0.244 e. The van der Waals surface area contributed by atoms with Gasteiger partial charge in [-0.3, -0.25) is 13.9 Å². The van der Waals surface area contributed by atoms with Crippen LogP contribution in [0, 0.1) is 0 Å². The molecule has 0 aromatic heterocycles. The molecule has 0 spiro atoms. The molecule has 0 aliphatic heterocycles. The minimum atomic E-state index is -3.75. The second-order valence-electron chi connectivity index (χ2n) is 8.88. The fraction of sp³-hybridized carbons (Fsp3) is 0.417. The van der Waals surface area contributed by atoms with E-state index in [1.54, 1.807) is 54.6 Å². The quantitative estimate of drug-likeness (QED) is 0.575. The number of nitrogens with zero attached hydrogens (tertiary/aromatic N) is 2. The van der Waals surface area contributed by atoms with Crippen molar-refractivity contribution < 1.29 is 18.0 Å². The molecule has 0 aliphatic rings. The standard InChI is InChI=1S/C24H32ClN3O4S/c1-6-21(23(30)26-24(2,3)4)27(16-18-12-10-11-15-20(18)25)22(29)17-28(33(5,31)32)19-13-8-7-9-14-19/h7-15,21H,6,16-17H2,1-5H3,(H,26,30)/t21-/m1/s1. The fourth-order valence-electron chi connectivity index (χ4n) is 3.39. The summed E-state index contributed by atoms with van der Waals surface area (Å²) in [5.74, 6) is -0.809. The highest BCUT2D eigenvalue weighted by molar-refractivity contribution is 7.92. The van der Waals surface area contributed by atoms with Gasteiger partial charge >= 0.3 is 0 Å². The zero-order valence-electron chi connectivity index (χ0n) is 19.7. The summed E-state index contributed by atoms with van der Waals surface area (Å²) >= 11 is 6.34. The van der Waals surface area contributed by atoms with Gasteiger partial charge in [0.15, 0.2) is 0 Å². The SMILES string of the molecule is CC[C@H](C(=O)NC(C)(C)C)N(Cc1ccccc1Cl)C(=O)CN(c1ccccc1)S(C)(=O)=O. The Morgan fingerprint density at radius 3 is 2.12 bits per heavy atom. The molecule has 33 heavy (non-hydrogen) atoms. The van der Waals surface area contributed by atoms with E-state index in [1.807, 2.05) is 27.7 Å². The van der Waals surface area contributed by atoms with Gasteiger partial charge in [0.1, 0.15) is 12.6 Å². The number of carbonyl (C=O) groups excluding carboxylic acids is 2. The van der Waals surface area contributed by atoms with Gasteiger partial charge in [-0.25, -0.2) is 8.42 Å². The molecule has 0 fully saturated rings. The molecule has 7 nitrogen and oxygen atoms in total. The molecule has 180 valence electrons. The van der Waals surface area contributed by atoms with Crippen molar-refractivity contribution in [1.82, 2.24) is 10.2 Å². The van der Waals surface area contributed by atoms with E-state index in [-0.39, 0.29) is 12.5 Å². The summed E-state index contributed by atoms with van der Waals surface area (Å²) in [6, 6.07) is 14.7. The maximum absolute atomic E-state index is 13.6. The van der Waals surface area contributed by atoms with Crippen LogP contribution in [0.2, 0.25) is 5.02 Å². The van der Waals surface area contributed by atoms with Crippen LogP contribution in [0.15, 0.2) is 54.6 Å². The van der Waals surface area contributed by atoms with Crippen molar-refractivity contribution in [2.75, 3.05) is 17.1 Å². The van der Waals surface area contributed by atoms with Gasteiger partial charge < -0.3 is 10.2 Å². The first-order chi connectivity index (χ1) is 15.3. The molecule has 0 heterocycles. The van der Waals surface area contributed by atoms with Crippen LogP contribution in [-0.4, -0.2) is 49.5 Å². The summed E-state index contributed by atoms with van der Waals surface area (Å²) in [6.45, 7) is 7.02. The lowest BCUT2D eigenvalue weighted by Crippen LogP contribution is -2.55. The number of anilines is 1. The van der Waals surface area contributed by atoms with Gasteiger partial charge in [0.25, 0.3) is 0 Å². The Hall–Kier alpha value is -2.58. The second-order valence-corrected chi connectivity index (χ2v) is 11.2. The second kappa shape index (κ2) is 11.0. The summed E-state index contributed by atoms with van der Waals surface area (Å²) in [5.41, 5.74) is 0.547. The van der Waals surface area contributed by atoms with Crippen molar-refractivity contribution >= 4 is 39.1 Å². The molecule has 0 aliphatic carbocycles. The lowest BCUT2D eigenvalue weighted by Gasteiger charge is -2.34. The molecule has 0 bridgehead atoms. The highest BCUT2D eigenvalue weighted by Crippen LogP contribution is 2.22. The number of halogens is 1. The molecule has 0 unspecified atom stereocenters. The number of hydrogen-bond acceptors (Lipinski definition) is 4. The molecule has 2 aromatic carbocycles. The van der Waals surface area contributed by atoms with Gasteiger partial charge in [-0.2, -0.15) is 0 Å². The first-order valence-corrected chi connectivity index (χ1v) is 12.9. The van der Waals surface area contributed by atoms with Crippen molar-refractivity contribution in [3.63, 3.8) is 0 Å². The minimum Gasteiger partial charge on any atom is -0.350 e. The molecule has 1 atom stereocenters. The maximum atomic E-state index is 13.6. The molecule has 9 heteroatoms. The maximum Gasteiger partial charge on any atom is 0.244 e. The van der Waals surface area contributed by atoms with Gasteiger partial charge in [0.05, 0.1) is 11.9 Å². The Kier molecular flexibility index (Phi) is 8.91. The van der Waals surface area contributed by atoms with E-state index in [2.05, 4.69) is 5.32 Å². The summed E-state index contributed by atoms with van der Waals surface area (Å²) in [5, 5.41) is 3.39. The van der Waals surface area contributed by atoms with Crippen LogP contribution in [0.1, 0.15) is 39.7 Å². The Morgan fingerprint density at radius 1 is 1.03 bits per heavy atom. The molecule has 0 saturated heterocycles. The van der Waals surface area contributed by atoms with E-state index in [1.165, 1.54) is 4.90 Å². The van der Waals surface area contributed by atoms with Crippen LogP contribution in [0.3, 0.4) is 0 Å². The van der Waals surface area contributed by atoms with Crippen LogP contribution in [0.4, 0.5) is 5.69 Å². The summed E-state index contributed by atoms with van der Waals surface area (Å²) < 4.78 is 26.1. The molecule has 0 radical (unpaired) electrons. The fourth-order valence-corrected chi connectivity index (χ4v) is 4.44. The topological polar surface area (TPSA) is 86.8 Å². The number of para-hydroxylation sites is 1. The zero-order chi connectivity index (χ0) is 24.8. The third-order valence-corrected chi connectivity index (χ3v) is 6.42. The molecule has 1 N–H and O–H groups in total. The average molecular weight is 494 g/mol. The summed E-state index contributed by atoms with van der Waals surface area (Å²) in [7, 11) is -3.75. The summed E-state index contributed by atoms with van der Waals surface area (Å²) in [4.78, 5) is 28.1. The van der Waals surface area contributed by atoms with Crippen molar-refractivity contribution in [1.29, 1.82) is 0 Å². The Bertz CT molecular complexity index is 1070. The molecular weight excluding hydrogens is 462 g/mol. The van der Waals surface area contributed by atoms with Crippen molar-refractivity contribution in [3.05, 3.63) is 65.2 Å². The van der Waals surface area contributed by atoms with E-state index >= 15 is 0 Å². The van der Waals surface area contributed by atoms with E-state index in [0.29, 0.717) is 22.7 Å². The number of hydrogen-bond donors (Lipinski definition) is 1. The number of carbonyl (C=O) groups is 2. The lowest BCUT2D eigenvalue weighted by atomic mass is 10.1. The number of amides is 2. The molecular formula is C24H32ClN3O4S. The molecule has 0 saturated carbocycles. The lowest BCUT2D eigenvalue weighted by molar-refractivity contribution is -0.141. The van der Waals surface area contributed by atoms with Crippen LogP contribution in [0.25, 0.3) is 0 Å². The third-order valence-electron chi connectivity index (χ3n) is 4.91. The largest absolute Gasteiger partial charge is 0.350 e. The first-order valence-electron chi connectivity index (χ1n) is 10.7. The van der Waals surface area contributed by atoms with Gasteiger partial charge in [-0.15, -0.1) is 0 Å². The number of benzene rings is 2. The highest BCUT2D eigenvalue weighted by Gasteiger charge is 2.33. The number of sulfonamides is 1. The predicted molar refractivity (Wildman–Crippen MR) is 133 cm³/mol. The van der Waals surface area contributed by atoms with Crippen LogP contribution in [0.5, 0.6) is 0 Å². The van der Waals surface area contributed by atoms with E-state index in [9.17, 15) is 18.0 Å². The van der Waals surface area contributed by atoms with E-state index in [4.69, 9.17) is 11.6 Å². The Morgan fingerprint density at radius 2 is 1.61 bits per heavy atom. The van der Waals surface area contributed by atoms with Crippen molar-refractivity contribution in [3.8, 4) is 0 Å². The highest BCUT2D eigenvalue weighted by atomic mass is 35.5. The zero-order valence-corrected chi connectivity index (χ0v) is 21.3. The Labute approximate surface area is 201 Å². The number of nitrogens with one attached hydrogen (secondary N) is 1. The van der Waals surface area contributed by atoms with Gasteiger partial charge in [-0.05, 0) is 51.0 Å². The Balaban J connectivity index is 2.45. The van der Waals surface area contributed by atoms with Gasteiger partial charge in [0.2, 0.25) is 21.8 Å². The molecule has 2 aromatic rings. The van der Waals surface area contributed by atoms with E-state index < -0.39 is 34.1 Å². The number of rotatable bonds is 9. The van der Waals surface area contributed by atoms with Gasteiger partial charge in [0, 0.05) is 17.1 Å². The monoisotopic (exact) mass is 493 g/mol. The normalized spacial score (nSPS) is 12.7. The van der Waals surface area contributed by atoms with Crippen molar-refractivity contribution in [2.45, 2.75) is 52.2 Å². The third kappa shape index (κ3) is 7.75. The van der Waals surface area contributed by atoms with Gasteiger partial charge in [-0.1, -0.05) is 54.9 Å². The average Bonchev–Trinajstić information content (AvgIpc) is 2.71. The molecule has 2 rings (SSSR count). The van der Waals surface area contributed by atoms with Crippen molar-refractivity contribution in [2.24, 2.45) is 0 Å². The van der Waals surface area contributed by atoms with Crippen LogP contribution >= 0.6 is 11.6 Å².